The van der Waals surface area contributed by atoms with Crippen molar-refractivity contribution in [2.75, 3.05) is 6.61 Å². The minimum atomic E-state index is -1.49. The second kappa shape index (κ2) is 7.17. The Morgan fingerprint density at radius 1 is 1.24 bits per heavy atom. The van der Waals surface area contributed by atoms with Crippen molar-refractivity contribution >= 4 is 6.16 Å². The van der Waals surface area contributed by atoms with Gasteiger partial charge in [0, 0.05) is 5.56 Å². The zero-order valence-corrected chi connectivity index (χ0v) is 12.8. The average molecular weight is 298 g/mol. The van der Waals surface area contributed by atoms with Crippen LogP contribution < -0.4 is 9.62 Å². The van der Waals surface area contributed by atoms with Crippen LogP contribution >= 0.6 is 0 Å². The summed E-state index contributed by atoms with van der Waals surface area (Å²) in [6.07, 6.45) is 0.349. The fourth-order valence-electron chi connectivity index (χ4n) is 1.83. The van der Waals surface area contributed by atoms with Crippen LogP contribution in [0.3, 0.4) is 0 Å². The first kappa shape index (κ1) is 17.1. The van der Waals surface area contributed by atoms with Gasteiger partial charge in [0.2, 0.25) is 0 Å². The molecule has 1 aromatic carbocycles. The lowest BCUT2D eigenvalue weighted by Gasteiger charge is -2.24. The van der Waals surface area contributed by atoms with Gasteiger partial charge in [-0.1, -0.05) is 34.1 Å². The van der Waals surface area contributed by atoms with Gasteiger partial charge in [-0.25, -0.2) is 4.79 Å². The zero-order chi connectivity index (χ0) is 16.0. The van der Waals surface area contributed by atoms with E-state index < -0.39 is 11.6 Å². The van der Waals surface area contributed by atoms with Crippen LogP contribution in [0.15, 0.2) is 12.1 Å². The first-order valence-corrected chi connectivity index (χ1v) is 6.84. The molecule has 0 aromatic heterocycles. The zero-order valence-electron chi connectivity index (χ0n) is 12.8. The van der Waals surface area contributed by atoms with Crippen molar-refractivity contribution < 1.29 is 29.5 Å². The normalized spacial score (nSPS) is 11.2. The van der Waals surface area contributed by atoms with Crippen LogP contribution in [0.4, 0.5) is 4.79 Å². The van der Waals surface area contributed by atoms with Crippen molar-refractivity contribution in [3.8, 4) is 17.2 Å². The topological polar surface area (TPSA) is 85.2 Å². The van der Waals surface area contributed by atoms with Crippen LogP contribution in [0.25, 0.3) is 0 Å². The van der Waals surface area contributed by atoms with E-state index in [4.69, 9.17) is 14.9 Å². The Balaban J connectivity index is 3.07. The number of hydrogen-bond donors (Lipinski definition) is 2. The van der Waals surface area contributed by atoms with Gasteiger partial charge in [-0.3, -0.25) is 0 Å². The smallest absolute Gasteiger partial charge is 0.504 e. The molecule has 0 heterocycles. The van der Waals surface area contributed by atoms with Crippen LogP contribution in [0.2, 0.25) is 0 Å². The molecule has 0 radical (unpaired) electrons. The molecule has 0 bridgehead atoms. The van der Waals surface area contributed by atoms with Gasteiger partial charge < -0.3 is 19.8 Å². The van der Waals surface area contributed by atoms with Crippen molar-refractivity contribution in [2.45, 2.75) is 46.0 Å². The Morgan fingerprint density at radius 2 is 1.86 bits per heavy atom. The number of hydrogen-bond acceptors (Lipinski definition) is 5. The predicted octanol–water partition coefficient (Wildman–Crippen LogP) is 3.86. The number of benzene rings is 1. The van der Waals surface area contributed by atoms with Crippen LogP contribution in [-0.2, 0) is 10.3 Å². The summed E-state index contributed by atoms with van der Waals surface area (Å²) < 4.78 is 4.55. The van der Waals surface area contributed by atoms with Crippen molar-refractivity contribution in [2.24, 2.45) is 0 Å². The van der Waals surface area contributed by atoms with Crippen LogP contribution in [0, 0.1) is 0 Å². The van der Waals surface area contributed by atoms with E-state index in [-0.39, 0.29) is 11.5 Å². The number of carbonyl (C=O) groups is 1. The van der Waals surface area contributed by atoms with Gasteiger partial charge in [0.15, 0.2) is 17.2 Å². The van der Waals surface area contributed by atoms with Gasteiger partial charge in [-0.15, -0.1) is 0 Å². The number of rotatable bonds is 6. The lowest BCUT2D eigenvalue weighted by molar-refractivity contribution is -0.208. The minimum Gasteiger partial charge on any atom is -0.504 e. The van der Waals surface area contributed by atoms with Crippen molar-refractivity contribution in [3.05, 3.63) is 17.7 Å². The fraction of sp³-hybridized carbons (Fsp3) is 0.533. The molecule has 0 saturated heterocycles. The van der Waals surface area contributed by atoms with Crippen LogP contribution in [0.5, 0.6) is 17.2 Å². The van der Waals surface area contributed by atoms with Gasteiger partial charge in [0.1, 0.15) is 0 Å². The molecule has 118 valence electrons. The van der Waals surface area contributed by atoms with Gasteiger partial charge in [0.05, 0.1) is 6.61 Å². The fourth-order valence-corrected chi connectivity index (χ4v) is 1.83. The molecule has 0 aliphatic heterocycles. The summed E-state index contributed by atoms with van der Waals surface area (Å²) in [7, 11) is 0. The molecule has 1 rings (SSSR count). The van der Waals surface area contributed by atoms with E-state index in [9.17, 15) is 9.90 Å². The summed E-state index contributed by atoms with van der Waals surface area (Å²) in [6, 6.07) is 2.85. The molecule has 0 spiro atoms. The Labute approximate surface area is 124 Å². The molecular weight excluding hydrogens is 276 g/mol. The largest absolute Gasteiger partial charge is 0.511 e. The van der Waals surface area contributed by atoms with Gasteiger partial charge >= 0.3 is 6.16 Å². The maximum atomic E-state index is 10.6. The Morgan fingerprint density at radius 3 is 2.38 bits per heavy atom. The molecule has 1 aromatic rings. The predicted molar refractivity (Wildman–Crippen MR) is 76.9 cm³/mol. The molecule has 0 aliphatic carbocycles. The van der Waals surface area contributed by atoms with E-state index in [2.05, 4.69) is 4.74 Å². The first-order valence-electron chi connectivity index (χ1n) is 6.84. The molecule has 21 heavy (non-hydrogen) atoms. The lowest BCUT2D eigenvalue weighted by Crippen LogP contribution is -2.15. The Hall–Kier alpha value is -1.95. The molecule has 0 unspecified atom stereocenters. The molecule has 0 atom stereocenters. The lowest BCUT2D eigenvalue weighted by atomic mass is 9.85. The Kier molecular flexibility index (Phi) is 5.84. The Bertz CT molecular complexity index is 490. The first-order chi connectivity index (χ1) is 9.77. The van der Waals surface area contributed by atoms with Crippen molar-refractivity contribution in [1.82, 2.24) is 0 Å². The summed E-state index contributed by atoms with van der Waals surface area (Å²) in [5.41, 5.74) is -0.0523. The minimum absolute atomic E-state index is 0.131. The monoisotopic (exact) mass is 298 g/mol. The van der Waals surface area contributed by atoms with E-state index >= 15 is 0 Å². The number of phenolic OH excluding ortho intramolecular Hbond substituents is 1. The highest BCUT2D eigenvalue weighted by Gasteiger charge is 2.27. The third kappa shape index (κ3) is 4.82. The molecule has 0 saturated carbocycles. The summed E-state index contributed by atoms with van der Waals surface area (Å²) in [4.78, 5) is 21.0. The highest BCUT2D eigenvalue weighted by Crippen LogP contribution is 2.43. The maximum absolute atomic E-state index is 10.6. The second-order valence-corrected chi connectivity index (χ2v) is 5.66. The molecule has 2 N–H and O–H groups in total. The summed E-state index contributed by atoms with van der Waals surface area (Å²) in [5, 5.41) is 18.9. The number of unbranched alkanes of at least 4 members (excludes halogenated alkanes) is 1. The molecule has 0 fully saturated rings. The maximum Gasteiger partial charge on any atom is 0.511 e. The summed E-state index contributed by atoms with van der Waals surface area (Å²) >= 11 is 0. The van der Waals surface area contributed by atoms with E-state index in [0.717, 1.165) is 12.8 Å². The highest BCUT2D eigenvalue weighted by molar-refractivity contribution is 5.65. The van der Waals surface area contributed by atoms with E-state index in [1.807, 2.05) is 27.7 Å². The summed E-state index contributed by atoms with van der Waals surface area (Å²) in [5.74, 6) is -0.0522. The van der Waals surface area contributed by atoms with E-state index in [1.165, 1.54) is 12.1 Å². The molecule has 6 nitrogen and oxygen atoms in total. The molecule has 0 amide bonds. The van der Waals surface area contributed by atoms with Gasteiger partial charge in [-0.05, 0) is 24.0 Å². The third-order valence-corrected chi connectivity index (χ3v) is 2.78. The molecular formula is C15H22O6. The van der Waals surface area contributed by atoms with E-state index in [1.54, 1.807) is 0 Å². The third-order valence-electron chi connectivity index (χ3n) is 2.78. The van der Waals surface area contributed by atoms with Crippen LogP contribution in [-0.4, -0.2) is 23.0 Å². The standard InChI is InChI=1S/C15H22O6/c1-5-6-9-19-21-10-7-8-11(20-14(17)18)13(16)12(10)15(2,3)4/h7-8,16H,5-6,9H2,1-4H3,(H,17,18). The molecule has 0 aliphatic rings. The van der Waals surface area contributed by atoms with Crippen molar-refractivity contribution in [1.29, 1.82) is 0 Å². The number of aromatic hydroxyl groups is 1. The van der Waals surface area contributed by atoms with Crippen LogP contribution in [0.1, 0.15) is 46.1 Å². The van der Waals surface area contributed by atoms with Gasteiger partial charge in [0.25, 0.3) is 0 Å². The van der Waals surface area contributed by atoms with E-state index in [0.29, 0.717) is 17.9 Å². The highest BCUT2D eigenvalue weighted by atomic mass is 17.2. The number of phenols is 1. The number of ether oxygens (including phenoxy) is 1. The second-order valence-electron chi connectivity index (χ2n) is 5.66. The number of carboxylic acid groups (broad SMARTS) is 1. The van der Waals surface area contributed by atoms with Gasteiger partial charge in [-0.2, -0.15) is 4.89 Å². The molecule has 6 heteroatoms. The van der Waals surface area contributed by atoms with Crippen molar-refractivity contribution in [3.63, 3.8) is 0 Å². The quantitative estimate of drug-likeness (QED) is 0.273. The SMILES string of the molecule is CCCCOOc1ccc(OC(=O)O)c(O)c1C(C)(C)C. The average Bonchev–Trinajstić information content (AvgIpc) is 2.35. The summed E-state index contributed by atoms with van der Waals surface area (Å²) in [6.45, 7) is 8.07.